The fourth-order valence-electron chi connectivity index (χ4n) is 4.00. The summed E-state index contributed by atoms with van der Waals surface area (Å²) in [6.45, 7) is 0. The Balaban J connectivity index is 1.67. The molecule has 0 saturated carbocycles. The van der Waals surface area contributed by atoms with Gasteiger partial charge in [0.2, 0.25) is 69.7 Å². The summed E-state index contributed by atoms with van der Waals surface area (Å²) in [5, 5.41) is -0.0765. The molecule has 5 aromatic rings. The first-order valence-electron chi connectivity index (χ1n) is 11.9. The van der Waals surface area contributed by atoms with Gasteiger partial charge in [-0.1, -0.05) is 35.9 Å². The molecule has 1 heterocycles. The van der Waals surface area contributed by atoms with E-state index in [1.807, 2.05) is 0 Å². The molecular formula is C29H8ClF10NO4. The minimum atomic E-state index is -2.55. The van der Waals surface area contributed by atoms with E-state index in [1.165, 1.54) is 18.2 Å². The Bertz CT molecular complexity index is 2030. The third kappa shape index (κ3) is 5.39. The summed E-state index contributed by atoms with van der Waals surface area (Å²) in [7, 11) is 0. The highest BCUT2D eigenvalue weighted by molar-refractivity contribution is 6.33. The molecule has 4 aromatic carbocycles. The van der Waals surface area contributed by atoms with Gasteiger partial charge in [-0.2, -0.15) is 17.6 Å². The smallest absolute Gasteiger partial charge is 0.362 e. The van der Waals surface area contributed by atoms with Crippen molar-refractivity contribution in [2.45, 2.75) is 0 Å². The van der Waals surface area contributed by atoms with Crippen molar-refractivity contribution in [3.05, 3.63) is 123 Å². The van der Waals surface area contributed by atoms with Crippen LogP contribution in [0.4, 0.5) is 43.9 Å². The van der Waals surface area contributed by atoms with E-state index in [1.54, 1.807) is 18.2 Å². The maximum Gasteiger partial charge on any atom is 0.362 e. The Kier molecular flexibility index (Phi) is 8.14. The predicted molar refractivity (Wildman–Crippen MR) is 135 cm³/mol. The maximum atomic E-state index is 14.3. The van der Waals surface area contributed by atoms with Crippen LogP contribution in [0.2, 0.25) is 5.02 Å². The molecule has 230 valence electrons. The monoisotopic (exact) mass is 659 g/mol. The van der Waals surface area contributed by atoms with Gasteiger partial charge in [-0.3, -0.25) is 0 Å². The molecule has 0 atom stereocenters. The number of hydrogen-bond donors (Lipinski definition) is 0. The fourth-order valence-corrected chi connectivity index (χ4v) is 4.25. The Morgan fingerprint density at radius 2 is 1.04 bits per heavy atom. The molecule has 5 rings (SSSR count). The van der Waals surface area contributed by atoms with Crippen LogP contribution in [0, 0.1) is 58.2 Å². The zero-order chi connectivity index (χ0) is 32.9. The van der Waals surface area contributed by atoms with E-state index in [-0.39, 0.29) is 21.5 Å². The number of nitrogens with zero attached hydrogens (tertiary/aromatic N) is 1. The first-order chi connectivity index (χ1) is 21.2. The van der Waals surface area contributed by atoms with Gasteiger partial charge in [0.25, 0.3) is 0 Å². The minimum Gasteiger partial charge on any atom is -0.416 e. The van der Waals surface area contributed by atoms with Crippen LogP contribution in [0.1, 0.15) is 20.8 Å². The minimum absolute atomic E-state index is 0.207. The van der Waals surface area contributed by atoms with Gasteiger partial charge in [-0.25, -0.2) is 40.9 Å². The molecular weight excluding hydrogens is 652 g/mol. The molecule has 0 fully saturated rings. The number of esters is 2. The van der Waals surface area contributed by atoms with Crippen molar-refractivity contribution < 1.29 is 63.0 Å². The summed E-state index contributed by atoms with van der Waals surface area (Å²) in [4.78, 5) is 29.8. The number of pyridine rings is 1. The third-order valence-electron chi connectivity index (χ3n) is 6.15. The van der Waals surface area contributed by atoms with Gasteiger partial charge < -0.3 is 9.47 Å². The van der Waals surface area contributed by atoms with Crippen LogP contribution in [0.25, 0.3) is 22.0 Å². The number of aromatic nitrogens is 1. The van der Waals surface area contributed by atoms with Gasteiger partial charge in [0.1, 0.15) is 5.69 Å². The van der Waals surface area contributed by atoms with Crippen LogP contribution in [-0.4, -0.2) is 16.9 Å². The SMILES string of the molecule is O=C(Oc1c(F)c(F)c(F)c(F)c1F)c1cc(C(=O)Oc2c(F)c(F)c(F)c(F)c2F)c2cc(-c3ccccc3Cl)ccc2n1. The van der Waals surface area contributed by atoms with Gasteiger partial charge in [0.15, 0.2) is 0 Å². The third-order valence-corrected chi connectivity index (χ3v) is 6.48. The van der Waals surface area contributed by atoms with Gasteiger partial charge in [0, 0.05) is 16.0 Å². The molecule has 0 unspecified atom stereocenters. The number of carbonyl (C=O) groups is 2. The number of hydrogen-bond acceptors (Lipinski definition) is 5. The molecule has 5 nitrogen and oxygen atoms in total. The van der Waals surface area contributed by atoms with Crippen LogP contribution in [-0.2, 0) is 0 Å². The normalized spacial score (nSPS) is 11.2. The molecule has 45 heavy (non-hydrogen) atoms. The molecule has 0 amide bonds. The zero-order valence-corrected chi connectivity index (χ0v) is 22.1. The summed E-state index contributed by atoms with van der Waals surface area (Å²) in [5.41, 5.74) is -1.60. The number of halogens is 11. The average molecular weight is 660 g/mol. The lowest BCUT2D eigenvalue weighted by atomic mass is 10.00. The fraction of sp³-hybridized carbons (Fsp3) is 0. The summed E-state index contributed by atoms with van der Waals surface area (Å²) in [6, 6.07) is 10.4. The van der Waals surface area contributed by atoms with Crippen LogP contribution in [0.5, 0.6) is 11.5 Å². The highest BCUT2D eigenvalue weighted by Crippen LogP contribution is 2.34. The summed E-state index contributed by atoms with van der Waals surface area (Å²) >= 11 is 6.21. The summed E-state index contributed by atoms with van der Waals surface area (Å²) < 4.78 is 147. The van der Waals surface area contributed by atoms with Crippen molar-refractivity contribution in [1.29, 1.82) is 0 Å². The van der Waals surface area contributed by atoms with Crippen molar-refractivity contribution in [1.82, 2.24) is 4.98 Å². The Labute approximate surface area is 248 Å². The number of carbonyl (C=O) groups excluding carboxylic acids is 2. The highest BCUT2D eigenvalue weighted by atomic mass is 35.5. The molecule has 0 N–H and O–H groups in total. The van der Waals surface area contributed by atoms with E-state index >= 15 is 0 Å². The molecule has 0 aliphatic heterocycles. The largest absolute Gasteiger partial charge is 0.416 e. The van der Waals surface area contributed by atoms with Crippen molar-refractivity contribution in [3.8, 4) is 22.6 Å². The van der Waals surface area contributed by atoms with E-state index in [9.17, 15) is 53.5 Å². The lowest BCUT2D eigenvalue weighted by Gasteiger charge is -2.13. The van der Waals surface area contributed by atoms with Gasteiger partial charge >= 0.3 is 11.9 Å². The van der Waals surface area contributed by atoms with E-state index < -0.39 is 92.9 Å². The molecule has 0 aliphatic carbocycles. The maximum absolute atomic E-state index is 14.3. The first kappa shape index (κ1) is 31.3. The average Bonchev–Trinajstić information content (AvgIpc) is 3.04. The lowest BCUT2D eigenvalue weighted by molar-refractivity contribution is 0.0710. The molecule has 0 saturated heterocycles. The molecule has 0 spiro atoms. The van der Waals surface area contributed by atoms with E-state index in [4.69, 9.17) is 11.6 Å². The topological polar surface area (TPSA) is 65.5 Å². The summed E-state index contributed by atoms with van der Waals surface area (Å²) in [6.07, 6.45) is 0. The van der Waals surface area contributed by atoms with E-state index in [0.29, 0.717) is 11.6 Å². The molecule has 0 bridgehead atoms. The molecule has 0 radical (unpaired) electrons. The van der Waals surface area contributed by atoms with Gasteiger partial charge in [-0.05, 0) is 29.8 Å². The van der Waals surface area contributed by atoms with Gasteiger partial charge in [0.05, 0.1) is 11.1 Å². The van der Waals surface area contributed by atoms with Crippen LogP contribution in [0.15, 0.2) is 48.5 Å². The van der Waals surface area contributed by atoms with Gasteiger partial charge in [-0.15, -0.1) is 0 Å². The number of rotatable bonds is 5. The van der Waals surface area contributed by atoms with Crippen molar-refractivity contribution in [3.63, 3.8) is 0 Å². The zero-order valence-electron chi connectivity index (χ0n) is 21.4. The second-order valence-corrected chi connectivity index (χ2v) is 9.25. The lowest BCUT2D eigenvalue weighted by Crippen LogP contribution is -2.18. The molecule has 1 aromatic heterocycles. The van der Waals surface area contributed by atoms with Crippen molar-refractivity contribution in [2.75, 3.05) is 0 Å². The number of ether oxygens (including phenoxy) is 2. The van der Waals surface area contributed by atoms with E-state index in [2.05, 4.69) is 14.5 Å². The second-order valence-electron chi connectivity index (χ2n) is 8.84. The van der Waals surface area contributed by atoms with Crippen LogP contribution < -0.4 is 9.47 Å². The standard InChI is InChI=1S/C29H8ClF10NO4/c30-13-4-2-1-3-10(13)9-5-6-14-11(7-9)12(28(42)44-26-22(37)18(33)16(31)19(34)23(26)38)8-15(41-14)29(43)45-27-24(39)20(35)17(32)21(36)25(27)40/h1-8H. The Morgan fingerprint density at radius 1 is 0.578 bits per heavy atom. The van der Waals surface area contributed by atoms with Crippen LogP contribution in [0.3, 0.4) is 0 Å². The Hall–Kier alpha value is -5.18. The molecule has 16 heteroatoms. The first-order valence-corrected chi connectivity index (χ1v) is 12.3. The van der Waals surface area contributed by atoms with E-state index in [0.717, 1.165) is 6.07 Å². The van der Waals surface area contributed by atoms with Crippen LogP contribution >= 0.6 is 11.6 Å². The van der Waals surface area contributed by atoms with Crippen molar-refractivity contribution in [2.24, 2.45) is 0 Å². The number of benzene rings is 4. The second kappa shape index (κ2) is 11.7. The Morgan fingerprint density at radius 3 is 1.56 bits per heavy atom. The number of fused-ring (bicyclic) bond motifs is 1. The summed E-state index contributed by atoms with van der Waals surface area (Å²) in [5.74, 6) is -32.8. The predicted octanol–water partition coefficient (Wildman–Crippen LogP) is 8.38. The highest BCUT2D eigenvalue weighted by Gasteiger charge is 2.32. The molecule has 0 aliphatic rings. The van der Waals surface area contributed by atoms with Crippen molar-refractivity contribution >= 4 is 34.4 Å². The quantitative estimate of drug-likeness (QED) is 0.0624.